The Labute approximate surface area is 122 Å². The minimum absolute atomic E-state index is 0.407. The van der Waals surface area contributed by atoms with Gasteiger partial charge in [-0.2, -0.15) is 0 Å². The summed E-state index contributed by atoms with van der Waals surface area (Å²) >= 11 is 0. The fourth-order valence-corrected chi connectivity index (χ4v) is 3.26. The van der Waals surface area contributed by atoms with Gasteiger partial charge in [0.1, 0.15) is 18.0 Å². The predicted molar refractivity (Wildman–Crippen MR) is 85.1 cm³/mol. The molecule has 1 aliphatic rings. The van der Waals surface area contributed by atoms with Crippen molar-refractivity contribution < 1.29 is 0 Å². The van der Waals surface area contributed by atoms with Gasteiger partial charge >= 0.3 is 0 Å². The van der Waals surface area contributed by atoms with Crippen LogP contribution in [0.5, 0.6) is 0 Å². The van der Waals surface area contributed by atoms with Gasteiger partial charge in [-0.25, -0.2) is 9.97 Å². The van der Waals surface area contributed by atoms with Crippen LogP contribution in [0.15, 0.2) is 6.33 Å². The van der Waals surface area contributed by atoms with E-state index in [4.69, 9.17) is 0 Å². The molecule has 1 saturated carbocycles. The Kier molecular flexibility index (Phi) is 3.94. The molecule has 0 spiro atoms. The number of nitrogens with one attached hydrogen (secondary N) is 2. The highest BCUT2D eigenvalue weighted by molar-refractivity contribution is 5.57. The summed E-state index contributed by atoms with van der Waals surface area (Å²) < 4.78 is 0. The van der Waals surface area contributed by atoms with Crippen LogP contribution in [-0.4, -0.2) is 23.1 Å². The van der Waals surface area contributed by atoms with Gasteiger partial charge in [0, 0.05) is 18.7 Å². The van der Waals surface area contributed by atoms with E-state index < -0.39 is 0 Å². The topological polar surface area (TPSA) is 49.8 Å². The molecule has 0 unspecified atom stereocenters. The first kappa shape index (κ1) is 15.1. The third kappa shape index (κ3) is 2.36. The maximum absolute atomic E-state index is 4.43. The van der Waals surface area contributed by atoms with Crippen LogP contribution in [0.4, 0.5) is 11.6 Å². The number of hydrogen-bond donors (Lipinski definition) is 2. The van der Waals surface area contributed by atoms with Crippen molar-refractivity contribution in [2.45, 2.75) is 48.0 Å². The van der Waals surface area contributed by atoms with E-state index in [-0.39, 0.29) is 0 Å². The second kappa shape index (κ2) is 5.23. The lowest BCUT2D eigenvalue weighted by molar-refractivity contribution is 0.457. The number of rotatable bonds is 6. The van der Waals surface area contributed by atoms with Gasteiger partial charge in [-0.1, -0.05) is 34.6 Å². The Morgan fingerprint density at radius 2 is 1.55 bits per heavy atom. The summed E-state index contributed by atoms with van der Waals surface area (Å²) in [5, 5.41) is 6.86. The first-order valence-electron chi connectivity index (χ1n) is 7.67. The normalized spacial score (nSPS) is 19.7. The molecule has 1 fully saturated rings. The molecule has 1 aliphatic carbocycles. The van der Waals surface area contributed by atoms with Crippen molar-refractivity contribution in [2.24, 2.45) is 16.7 Å². The molecular formula is C16H28N4. The van der Waals surface area contributed by atoms with E-state index in [9.17, 15) is 0 Å². The van der Waals surface area contributed by atoms with Crippen molar-refractivity contribution in [1.82, 2.24) is 9.97 Å². The first-order valence-corrected chi connectivity index (χ1v) is 7.67. The number of hydrogen-bond acceptors (Lipinski definition) is 4. The average molecular weight is 276 g/mol. The molecule has 0 aliphatic heterocycles. The molecule has 0 saturated heterocycles. The fourth-order valence-electron chi connectivity index (χ4n) is 3.26. The van der Waals surface area contributed by atoms with Crippen LogP contribution in [0.2, 0.25) is 0 Å². The lowest BCUT2D eigenvalue weighted by atomic mass is 10.0. The van der Waals surface area contributed by atoms with E-state index >= 15 is 0 Å². The molecular weight excluding hydrogens is 248 g/mol. The maximum atomic E-state index is 4.43. The molecule has 1 aromatic rings. The predicted octanol–water partition coefficient (Wildman–Crippen LogP) is 3.56. The summed E-state index contributed by atoms with van der Waals surface area (Å²) in [6, 6.07) is 0. The van der Waals surface area contributed by atoms with Crippen LogP contribution < -0.4 is 10.6 Å². The molecule has 1 heterocycles. The number of anilines is 2. The van der Waals surface area contributed by atoms with Gasteiger partial charge < -0.3 is 10.6 Å². The maximum Gasteiger partial charge on any atom is 0.134 e. The van der Waals surface area contributed by atoms with Crippen LogP contribution in [0.3, 0.4) is 0 Å². The molecule has 2 rings (SSSR count). The number of aromatic nitrogens is 2. The summed E-state index contributed by atoms with van der Waals surface area (Å²) in [6.45, 7) is 15.5. The van der Waals surface area contributed by atoms with Gasteiger partial charge in [-0.05, 0) is 30.1 Å². The summed E-state index contributed by atoms with van der Waals surface area (Å²) in [5.41, 5.74) is 2.00. The minimum atomic E-state index is 0.407. The smallest absolute Gasteiger partial charge is 0.134 e. The zero-order valence-electron chi connectivity index (χ0n) is 13.7. The second-order valence-corrected chi connectivity index (χ2v) is 6.81. The van der Waals surface area contributed by atoms with Crippen LogP contribution >= 0.6 is 0 Å². The third-order valence-electron chi connectivity index (χ3n) is 5.44. The van der Waals surface area contributed by atoms with E-state index in [2.05, 4.69) is 62.1 Å². The number of nitrogens with zero attached hydrogens (tertiary/aromatic N) is 2. The van der Waals surface area contributed by atoms with E-state index in [1.54, 1.807) is 6.33 Å². The Balaban J connectivity index is 2.09. The third-order valence-corrected chi connectivity index (χ3v) is 5.44. The Morgan fingerprint density at radius 1 is 1.00 bits per heavy atom. The highest BCUT2D eigenvalue weighted by Gasteiger charge is 2.64. The molecule has 0 amide bonds. The summed E-state index contributed by atoms with van der Waals surface area (Å²) in [7, 11) is 0. The SMILES string of the molecule is CCNc1ncnc(NCC2C(C)(C)C2(C)C)c1CC. The molecule has 2 N–H and O–H groups in total. The molecule has 0 radical (unpaired) electrons. The molecule has 0 bridgehead atoms. The van der Waals surface area contributed by atoms with Crippen LogP contribution in [-0.2, 0) is 6.42 Å². The average Bonchev–Trinajstić information content (AvgIpc) is 2.77. The fraction of sp³-hybridized carbons (Fsp3) is 0.750. The highest BCUT2D eigenvalue weighted by Crippen LogP contribution is 2.68. The highest BCUT2D eigenvalue weighted by atomic mass is 15.1. The van der Waals surface area contributed by atoms with Crippen LogP contribution in [0, 0.1) is 16.7 Å². The minimum Gasteiger partial charge on any atom is -0.370 e. The summed E-state index contributed by atoms with van der Waals surface area (Å²) in [5.74, 6) is 2.64. The van der Waals surface area contributed by atoms with Crippen molar-refractivity contribution in [3.8, 4) is 0 Å². The van der Waals surface area contributed by atoms with Crippen LogP contribution in [0.1, 0.15) is 47.1 Å². The van der Waals surface area contributed by atoms with Crippen molar-refractivity contribution >= 4 is 11.6 Å². The molecule has 20 heavy (non-hydrogen) atoms. The van der Waals surface area contributed by atoms with E-state index in [1.807, 2.05) is 0 Å². The van der Waals surface area contributed by atoms with E-state index in [0.29, 0.717) is 16.7 Å². The van der Waals surface area contributed by atoms with Gasteiger partial charge in [0.2, 0.25) is 0 Å². The zero-order valence-corrected chi connectivity index (χ0v) is 13.7. The van der Waals surface area contributed by atoms with Gasteiger partial charge in [-0.3, -0.25) is 0 Å². The van der Waals surface area contributed by atoms with Crippen molar-refractivity contribution in [2.75, 3.05) is 23.7 Å². The lowest BCUT2D eigenvalue weighted by Crippen LogP contribution is -2.13. The Bertz CT molecular complexity index is 465. The largest absolute Gasteiger partial charge is 0.370 e. The summed E-state index contributed by atoms with van der Waals surface area (Å²) in [6.07, 6.45) is 2.58. The van der Waals surface area contributed by atoms with Crippen LogP contribution in [0.25, 0.3) is 0 Å². The van der Waals surface area contributed by atoms with Gasteiger partial charge in [0.15, 0.2) is 0 Å². The van der Waals surface area contributed by atoms with Crippen molar-refractivity contribution in [3.05, 3.63) is 11.9 Å². The lowest BCUT2D eigenvalue weighted by Gasteiger charge is -2.14. The second-order valence-electron chi connectivity index (χ2n) is 6.81. The van der Waals surface area contributed by atoms with Crippen molar-refractivity contribution in [1.29, 1.82) is 0 Å². The Hall–Kier alpha value is -1.32. The quantitative estimate of drug-likeness (QED) is 0.834. The standard InChI is InChI=1S/C16H28N4/c1-7-11-13(17-8-2)19-10-20-14(11)18-9-12-15(3,4)16(12,5)6/h10,12H,7-9H2,1-6H3,(H2,17,18,19,20). The van der Waals surface area contributed by atoms with Gasteiger partial charge in [-0.15, -0.1) is 0 Å². The van der Waals surface area contributed by atoms with E-state index in [0.717, 1.165) is 31.1 Å². The molecule has 0 atom stereocenters. The molecule has 112 valence electrons. The Morgan fingerprint density at radius 3 is 2.00 bits per heavy atom. The molecule has 4 heteroatoms. The molecule has 4 nitrogen and oxygen atoms in total. The van der Waals surface area contributed by atoms with E-state index in [1.165, 1.54) is 5.56 Å². The first-order chi connectivity index (χ1) is 9.36. The molecule has 1 aromatic heterocycles. The van der Waals surface area contributed by atoms with Gasteiger partial charge in [0.25, 0.3) is 0 Å². The van der Waals surface area contributed by atoms with Crippen molar-refractivity contribution in [3.63, 3.8) is 0 Å². The monoisotopic (exact) mass is 276 g/mol. The van der Waals surface area contributed by atoms with Gasteiger partial charge in [0.05, 0.1) is 0 Å². The summed E-state index contributed by atoms with van der Waals surface area (Å²) in [4.78, 5) is 8.76. The molecule has 0 aromatic carbocycles. The zero-order chi connectivity index (χ0) is 15.0.